The van der Waals surface area contributed by atoms with Gasteiger partial charge in [0.1, 0.15) is 5.76 Å². The summed E-state index contributed by atoms with van der Waals surface area (Å²) in [5, 5.41) is 0. The summed E-state index contributed by atoms with van der Waals surface area (Å²) >= 11 is 0. The number of thiol groups is 1. The number of furan rings is 1. The van der Waals surface area contributed by atoms with Gasteiger partial charge in [-0.3, -0.25) is 4.79 Å². The quantitative estimate of drug-likeness (QED) is 0.323. The minimum Gasteiger partial charge on any atom is -0.469 e. The molecule has 0 unspecified atom stereocenters. The molecule has 0 spiro atoms. The van der Waals surface area contributed by atoms with Gasteiger partial charge in [0.15, 0.2) is 5.78 Å². The summed E-state index contributed by atoms with van der Waals surface area (Å²) in [7, 11) is -0.648. The van der Waals surface area contributed by atoms with Crippen LogP contribution in [-0.2, 0) is 6.42 Å². The molecule has 134 valence electrons. The summed E-state index contributed by atoms with van der Waals surface area (Å²) in [6.07, 6.45) is 1.89. The number of hydrogen-bond donors (Lipinski definition) is 1. The molecule has 0 N–H and O–H groups in total. The van der Waals surface area contributed by atoms with E-state index in [1.807, 2.05) is 30.3 Å². The zero-order chi connectivity index (χ0) is 18.5. The van der Waals surface area contributed by atoms with E-state index < -0.39 is 10.9 Å². The van der Waals surface area contributed by atoms with Crippen LogP contribution in [0.25, 0.3) is 0 Å². The van der Waals surface area contributed by atoms with Crippen LogP contribution in [0.3, 0.4) is 0 Å². The van der Waals surface area contributed by atoms with Crippen molar-refractivity contribution in [1.29, 1.82) is 0 Å². The van der Waals surface area contributed by atoms with Crippen molar-refractivity contribution in [3.8, 4) is 0 Å². The SMILES string of the molecule is O=C(Cc1ccco1)c1ccc([SH](c2ccccc2)c2ccccc2)cc1. The van der Waals surface area contributed by atoms with Crippen molar-refractivity contribution in [2.45, 2.75) is 21.1 Å². The Hall–Kier alpha value is -3.04. The molecular formula is C24H20O2S. The Morgan fingerprint density at radius 3 is 1.74 bits per heavy atom. The third kappa shape index (κ3) is 4.04. The molecule has 1 heterocycles. The molecule has 3 aromatic carbocycles. The van der Waals surface area contributed by atoms with E-state index in [2.05, 4.69) is 60.7 Å². The molecule has 4 aromatic rings. The Morgan fingerprint density at radius 2 is 1.22 bits per heavy atom. The molecule has 0 amide bonds. The van der Waals surface area contributed by atoms with Crippen LogP contribution >= 0.6 is 10.9 Å². The topological polar surface area (TPSA) is 30.2 Å². The zero-order valence-corrected chi connectivity index (χ0v) is 15.7. The second-order valence-corrected chi connectivity index (χ2v) is 8.45. The molecule has 0 aliphatic rings. The van der Waals surface area contributed by atoms with Gasteiger partial charge in [0, 0.05) is 5.56 Å². The molecule has 0 fully saturated rings. The molecule has 0 aliphatic carbocycles. The van der Waals surface area contributed by atoms with E-state index in [4.69, 9.17) is 4.42 Å². The number of Topliss-reactive ketones (excluding diaryl/α,β-unsaturated/α-hetero) is 1. The minimum absolute atomic E-state index is 0.0697. The van der Waals surface area contributed by atoms with Gasteiger partial charge in [-0.1, -0.05) is 48.5 Å². The maximum Gasteiger partial charge on any atom is 0.170 e. The van der Waals surface area contributed by atoms with Crippen LogP contribution in [0.4, 0.5) is 0 Å². The molecule has 0 atom stereocenters. The number of carbonyl (C=O) groups is 1. The Labute approximate surface area is 161 Å². The average Bonchev–Trinajstić information content (AvgIpc) is 3.23. The molecule has 0 radical (unpaired) electrons. The molecule has 3 heteroatoms. The van der Waals surface area contributed by atoms with Crippen molar-refractivity contribution in [3.63, 3.8) is 0 Å². The molecule has 4 rings (SSSR count). The van der Waals surface area contributed by atoms with E-state index in [-0.39, 0.29) is 5.78 Å². The van der Waals surface area contributed by atoms with E-state index in [1.54, 1.807) is 12.3 Å². The summed E-state index contributed by atoms with van der Waals surface area (Å²) in [6.45, 7) is 0. The third-order valence-electron chi connectivity index (χ3n) is 4.39. The van der Waals surface area contributed by atoms with Crippen LogP contribution in [-0.4, -0.2) is 5.78 Å². The van der Waals surface area contributed by atoms with Crippen LogP contribution in [0.1, 0.15) is 16.1 Å². The summed E-state index contributed by atoms with van der Waals surface area (Å²) in [6, 6.07) is 32.8. The van der Waals surface area contributed by atoms with Gasteiger partial charge in [-0.2, -0.15) is 10.9 Å². The molecule has 0 aliphatic heterocycles. The molecule has 0 saturated heterocycles. The van der Waals surface area contributed by atoms with Crippen molar-refractivity contribution < 1.29 is 9.21 Å². The molecule has 27 heavy (non-hydrogen) atoms. The van der Waals surface area contributed by atoms with Gasteiger partial charge in [-0.25, -0.2) is 0 Å². The lowest BCUT2D eigenvalue weighted by Gasteiger charge is -2.23. The van der Waals surface area contributed by atoms with Gasteiger partial charge in [0.2, 0.25) is 0 Å². The zero-order valence-electron chi connectivity index (χ0n) is 14.8. The van der Waals surface area contributed by atoms with Gasteiger partial charge in [0.25, 0.3) is 0 Å². The highest BCUT2D eigenvalue weighted by molar-refractivity contribution is 8.17. The van der Waals surface area contributed by atoms with E-state index >= 15 is 0 Å². The lowest BCUT2D eigenvalue weighted by atomic mass is 10.1. The highest BCUT2D eigenvalue weighted by atomic mass is 32.2. The van der Waals surface area contributed by atoms with Crippen LogP contribution in [0.2, 0.25) is 0 Å². The van der Waals surface area contributed by atoms with Crippen molar-refractivity contribution in [2.75, 3.05) is 0 Å². The van der Waals surface area contributed by atoms with Gasteiger partial charge >= 0.3 is 0 Å². The minimum atomic E-state index is -0.648. The highest BCUT2D eigenvalue weighted by Crippen LogP contribution is 2.50. The number of hydrogen-bond acceptors (Lipinski definition) is 2. The fourth-order valence-electron chi connectivity index (χ4n) is 3.07. The molecule has 1 aromatic heterocycles. The summed E-state index contributed by atoms with van der Waals surface area (Å²) < 4.78 is 5.29. The molecule has 0 saturated carbocycles. The number of benzene rings is 3. The van der Waals surface area contributed by atoms with Crippen LogP contribution in [0, 0.1) is 0 Å². The smallest absolute Gasteiger partial charge is 0.170 e. The van der Waals surface area contributed by atoms with E-state index in [0.717, 1.165) is 0 Å². The fraction of sp³-hybridized carbons (Fsp3) is 0.0417. The first-order valence-corrected chi connectivity index (χ1v) is 10.2. The normalized spacial score (nSPS) is 11.2. The summed E-state index contributed by atoms with van der Waals surface area (Å²) in [5.41, 5.74) is 0.714. The Morgan fingerprint density at radius 1 is 0.667 bits per heavy atom. The van der Waals surface area contributed by atoms with Crippen molar-refractivity contribution >= 4 is 16.7 Å². The monoisotopic (exact) mass is 372 g/mol. The van der Waals surface area contributed by atoms with E-state index in [9.17, 15) is 4.79 Å². The summed E-state index contributed by atoms with van der Waals surface area (Å²) in [5.74, 6) is 0.764. The molecular weight excluding hydrogens is 352 g/mol. The van der Waals surface area contributed by atoms with Crippen LogP contribution in [0.15, 0.2) is 122 Å². The largest absolute Gasteiger partial charge is 0.469 e. The van der Waals surface area contributed by atoms with Crippen LogP contribution in [0.5, 0.6) is 0 Å². The van der Waals surface area contributed by atoms with Crippen molar-refractivity contribution in [2.24, 2.45) is 0 Å². The first-order valence-electron chi connectivity index (χ1n) is 8.87. The number of carbonyl (C=O) groups excluding carboxylic acids is 1. The Kier molecular flexibility index (Phi) is 5.22. The van der Waals surface area contributed by atoms with Crippen molar-refractivity contribution in [3.05, 3.63) is 115 Å². The van der Waals surface area contributed by atoms with Gasteiger partial charge < -0.3 is 4.42 Å². The predicted octanol–water partition coefficient (Wildman–Crippen LogP) is 6.18. The lowest BCUT2D eigenvalue weighted by Crippen LogP contribution is -2.02. The maximum absolute atomic E-state index is 12.5. The van der Waals surface area contributed by atoms with Gasteiger partial charge in [0.05, 0.1) is 12.7 Å². The highest BCUT2D eigenvalue weighted by Gasteiger charge is 2.14. The van der Waals surface area contributed by atoms with E-state index in [1.165, 1.54) is 14.7 Å². The Bertz CT molecular complexity index is 952. The predicted molar refractivity (Wildman–Crippen MR) is 110 cm³/mol. The second kappa shape index (κ2) is 8.11. The lowest BCUT2D eigenvalue weighted by molar-refractivity contribution is 0.0987. The fourth-order valence-corrected chi connectivity index (χ4v) is 5.35. The molecule has 0 bridgehead atoms. The Balaban J connectivity index is 1.64. The summed E-state index contributed by atoms with van der Waals surface area (Å²) in [4.78, 5) is 16.3. The number of ketones is 1. The third-order valence-corrected chi connectivity index (χ3v) is 6.83. The first-order chi connectivity index (χ1) is 13.3. The average molecular weight is 372 g/mol. The second-order valence-electron chi connectivity index (χ2n) is 6.23. The van der Waals surface area contributed by atoms with E-state index in [0.29, 0.717) is 17.7 Å². The van der Waals surface area contributed by atoms with Crippen molar-refractivity contribution in [1.82, 2.24) is 0 Å². The molecule has 2 nitrogen and oxygen atoms in total. The van der Waals surface area contributed by atoms with Crippen LogP contribution < -0.4 is 0 Å². The maximum atomic E-state index is 12.5. The standard InChI is InChI=1S/C24H20O2S/c25-24(18-20-8-7-17-26-20)19-13-15-23(16-14-19)27(21-9-3-1-4-10-21)22-11-5-2-6-12-22/h1-17,27H,18H2. The first kappa shape index (κ1) is 17.4. The van der Waals surface area contributed by atoms with Gasteiger partial charge in [-0.15, -0.1) is 0 Å². The van der Waals surface area contributed by atoms with Gasteiger partial charge in [-0.05, 0) is 63.2 Å². The number of rotatable bonds is 6.